The van der Waals surface area contributed by atoms with Crippen molar-refractivity contribution < 1.29 is 4.39 Å². The molecule has 3 aromatic rings. The number of para-hydroxylation sites is 1. The largest absolute Gasteiger partial charge is 0.322 e. The van der Waals surface area contributed by atoms with Crippen LogP contribution in [0, 0.1) is 12.7 Å². The van der Waals surface area contributed by atoms with E-state index in [9.17, 15) is 4.39 Å². The Morgan fingerprint density at radius 2 is 1.73 bits per heavy atom. The molecule has 0 aliphatic carbocycles. The minimum Gasteiger partial charge on any atom is -0.322 e. The maximum absolute atomic E-state index is 13.9. The van der Waals surface area contributed by atoms with E-state index in [0.29, 0.717) is 5.56 Å². The van der Waals surface area contributed by atoms with E-state index in [1.807, 2.05) is 41.8 Å². The minimum absolute atomic E-state index is 0. The molecule has 0 saturated carbocycles. The topological polar surface area (TPSA) is 43.8 Å². The summed E-state index contributed by atoms with van der Waals surface area (Å²) in [6.07, 6.45) is 0. The van der Waals surface area contributed by atoms with Crippen LogP contribution >= 0.6 is 24.8 Å². The Labute approximate surface area is 141 Å². The van der Waals surface area contributed by atoms with E-state index in [1.54, 1.807) is 13.0 Å². The Bertz CT molecular complexity index is 770. The molecule has 0 saturated heterocycles. The molecule has 2 aromatic carbocycles. The van der Waals surface area contributed by atoms with Crippen molar-refractivity contribution >= 4 is 35.8 Å². The monoisotopic (exact) mass is 341 g/mol. The fourth-order valence-corrected chi connectivity index (χ4v) is 2.47. The maximum Gasteiger partial charge on any atom is 0.131 e. The summed E-state index contributed by atoms with van der Waals surface area (Å²) in [6, 6.07) is 12.7. The second kappa shape index (κ2) is 7.09. The molecular weight excluding hydrogens is 324 g/mol. The number of nitrogens with zero attached hydrogens (tertiary/aromatic N) is 2. The second-order valence-electron chi connectivity index (χ2n) is 4.97. The molecule has 1 heterocycles. The van der Waals surface area contributed by atoms with Gasteiger partial charge in [0.05, 0.1) is 17.1 Å². The first kappa shape index (κ1) is 18.4. The van der Waals surface area contributed by atoms with Crippen LogP contribution in [0.3, 0.4) is 0 Å². The van der Waals surface area contributed by atoms with Crippen LogP contribution < -0.4 is 5.73 Å². The predicted octanol–water partition coefficient (Wildman–Crippen LogP) is 4.34. The highest BCUT2D eigenvalue weighted by Crippen LogP contribution is 2.28. The van der Waals surface area contributed by atoms with E-state index >= 15 is 0 Å². The van der Waals surface area contributed by atoms with Crippen LogP contribution in [0.15, 0.2) is 42.5 Å². The van der Waals surface area contributed by atoms with Crippen LogP contribution in [0.1, 0.15) is 24.4 Å². The van der Waals surface area contributed by atoms with Gasteiger partial charge >= 0.3 is 0 Å². The van der Waals surface area contributed by atoms with Crippen molar-refractivity contribution in [3.63, 3.8) is 0 Å². The van der Waals surface area contributed by atoms with Crippen molar-refractivity contribution in [3.8, 4) is 5.69 Å². The Hall–Kier alpha value is -1.62. The predicted molar refractivity (Wildman–Crippen MR) is 92.9 cm³/mol. The summed E-state index contributed by atoms with van der Waals surface area (Å²) in [5, 5.41) is 0. The summed E-state index contributed by atoms with van der Waals surface area (Å²) in [7, 11) is 0. The summed E-state index contributed by atoms with van der Waals surface area (Å²) < 4.78 is 15.8. The normalized spacial score (nSPS) is 11.6. The van der Waals surface area contributed by atoms with Crippen molar-refractivity contribution in [2.75, 3.05) is 0 Å². The van der Waals surface area contributed by atoms with Gasteiger partial charge in [0.15, 0.2) is 0 Å². The number of aromatic nitrogens is 2. The number of aryl methyl sites for hydroxylation is 1. The van der Waals surface area contributed by atoms with Gasteiger partial charge in [-0.2, -0.15) is 0 Å². The Morgan fingerprint density at radius 3 is 2.32 bits per heavy atom. The summed E-state index contributed by atoms with van der Waals surface area (Å²) in [4.78, 5) is 4.56. The van der Waals surface area contributed by atoms with Crippen molar-refractivity contribution in [1.29, 1.82) is 0 Å². The van der Waals surface area contributed by atoms with Gasteiger partial charge in [0.1, 0.15) is 11.6 Å². The fourth-order valence-electron chi connectivity index (χ4n) is 2.47. The van der Waals surface area contributed by atoms with E-state index in [1.165, 1.54) is 6.07 Å². The molecule has 118 valence electrons. The lowest BCUT2D eigenvalue weighted by Crippen LogP contribution is -2.12. The first-order valence-electron chi connectivity index (χ1n) is 6.58. The number of rotatable bonds is 2. The molecule has 0 bridgehead atoms. The smallest absolute Gasteiger partial charge is 0.131 e. The molecule has 1 unspecified atom stereocenters. The van der Waals surface area contributed by atoms with E-state index in [4.69, 9.17) is 5.73 Å². The van der Waals surface area contributed by atoms with Crippen LogP contribution in [-0.2, 0) is 0 Å². The molecular formula is C16H18Cl2FN3. The number of halogens is 3. The molecule has 1 aromatic heterocycles. The summed E-state index contributed by atoms with van der Waals surface area (Å²) in [5.74, 6) is 0.505. The zero-order valence-electron chi connectivity index (χ0n) is 12.3. The number of nitrogens with two attached hydrogens (primary N) is 1. The molecule has 22 heavy (non-hydrogen) atoms. The average molecular weight is 342 g/mol. The molecule has 0 amide bonds. The van der Waals surface area contributed by atoms with Gasteiger partial charge < -0.3 is 5.73 Å². The Morgan fingerprint density at radius 1 is 1.09 bits per heavy atom. The molecule has 0 fully saturated rings. The van der Waals surface area contributed by atoms with Crippen molar-refractivity contribution in [1.82, 2.24) is 9.55 Å². The molecule has 0 spiro atoms. The maximum atomic E-state index is 13.9. The molecule has 2 N–H and O–H groups in total. The van der Waals surface area contributed by atoms with Gasteiger partial charge in [0.25, 0.3) is 0 Å². The summed E-state index contributed by atoms with van der Waals surface area (Å²) >= 11 is 0. The van der Waals surface area contributed by atoms with Gasteiger partial charge in [0, 0.05) is 11.3 Å². The van der Waals surface area contributed by atoms with Crippen LogP contribution in [0.2, 0.25) is 0 Å². The molecule has 3 rings (SSSR count). The third-order valence-electron chi connectivity index (χ3n) is 3.45. The average Bonchev–Trinajstić information content (AvgIpc) is 2.84. The van der Waals surface area contributed by atoms with Gasteiger partial charge in [0.2, 0.25) is 0 Å². The first-order valence-corrected chi connectivity index (χ1v) is 6.58. The van der Waals surface area contributed by atoms with Gasteiger partial charge in [-0.25, -0.2) is 9.37 Å². The van der Waals surface area contributed by atoms with Gasteiger partial charge in [-0.3, -0.25) is 4.57 Å². The lowest BCUT2D eigenvalue weighted by molar-refractivity contribution is 0.620. The second-order valence-corrected chi connectivity index (χ2v) is 4.97. The van der Waals surface area contributed by atoms with Crippen LogP contribution in [0.4, 0.5) is 4.39 Å². The van der Waals surface area contributed by atoms with E-state index in [0.717, 1.165) is 22.5 Å². The van der Waals surface area contributed by atoms with Crippen LogP contribution in [-0.4, -0.2) is 9.55 Å². The molecule has 6 heteroatoms. The van der Waals surface area contributed by atoms with E-state index < -0.39 is 0 Å². The fraction of sp³-hybridized carbons (Fsp3) is 0.188. The van der Waals surface area contributed by atoms with Crippen molar-refractivity contribution in [3.05, 3.63) is 59.7 Å². The number of benzene rings is 2. The zero-order valence-corrected chi connectivity index (χ0v) is 13.9. The highest BCUT2D eigenvalue weighted by Gasteiger charge is 2.18. The standard InChI is InChI=1S/C16H16FN3.2ClH/c1-10-13(17)8-9-14-15(10)20(16(19-14)11(2)18)12-6-4-3-5-7-12;;/h3-9,11H,18H2,1-2H3;2*1H. The third kappa shape index (κ3) is 2.95. The minimum atomic E-state index is -0.231. The van der Waals surface area contributed by atoms with Gasteiger partial charge in [-0.1, -0.05) is 18.2 Å². The Kier molecular flexibility index (Phi) is 5.94. The lowest BCUT2D eigenvalue weighted by Gasteiger charge is -2.12. The van der Waals surface area contributed by atoms with Crippen LogP contribution in [0.5, 0.6) is 0 Å². The Balaban J connectivity index is 0.00000121. The summed E-state index contributed by atoms with van der Waals surface area (Å²) in [6.45, 7) is 3.65. The highest BCUT2D eigenvalue weighted by molar-refractivity contribution is 5.85. The van der Waals surface area contributed by atoms with Crippen molar-refractivity contribution in [2.45, 2.75) is 19.9 Å². The van der Waals surface area contributed by atoms with E-state index in [-0.39, 0.29) is 36.7 Å². The van der Waals surface area contributed by atoms with Gasteiger partial charge in [-0.05, 0) is 38.1 Å². The zero-order chi connectivity index (χ0) is 14.3. The molecule has 0 aliphatic heterocycles. The van der Waals surface area contributed by atoms with Crippen LogP contribution in [0.25, 0.3) is 16.7 Å². The number of fused-ring (bicyclic) bond motifs is 1. The lowest BCUT2D eigenvalue weighted by atomic mass is 10.2. The molecule has 0 aliphatic rings. The highest BCUT2D eigenvalue weighted by atomic mass is 35.5. The number of hydrogen-bond acceptors (Lipinski definition) is 2. The third-order valence-corrected chi connectivity index (χ3v) is 3.45. The number of hydrogen-bond donors (Lipinski definition) is 1. The van der Waals surface area contributed by atoms with E-state index in [2.05, 4.69) is 4.98 Å². The van der Waals surface area contributed by atoms with Gasteiger partial charge in [-0.15, -0.1) is 24.8 Å². The molecule has 3 nitrogen and oxygen atoms in total. The SMILES string of the molecule is Cc1c(F)ccc2nc(C(C)N)n(-c3ccccc3)c12.Cl.Cl. The quantitative estimate of drug-likeness (QED) is 0.753. The number of imidazole rings is 1. The van der Waals surface area contributed by atoms with Crippen molar-refractivity contribution in [2.24, 2.45) is 5.73 Å². The summed E-state index contributed by atoms with van der Waals surface area (Å²) in [5.41, 5.74) is 9.10. The first-order chi connectivity index (χ1) is 9.59. The molecule has 0 radical (unpaired) electrons. The molecule has 1 atom stereocenters.